The summed E-state index contributed by atoms with van der Waals surface area (Å²) in [7, 11) is 0. The Morgan fingerprint density at radius 2 is 1.85 bits per heavy atom. The molecule has 0 radical (unpaired) electrons. The van der Waals surface area contributed by atoms with E-state index in [9.17, 15) is 5.21 Å². The van der Waals surface area contributed by atoms with E-state index in [0.717, 1.165) is 16.1 Å². The zero-order valence-corrected chi connectivity index (χ0v) is 10.6. The minimum Gasteiger partial charge on any atom is -0.758 e. The molecule has 20 heavy (non-hydrogen) atoms. The van der Waals surface area contributed by atoms with Crippen LogP contribution < -0.4 is 5.06 Å². The lowest BCUT2D eigenvalue weighted by atomic mass is 10.1. The van der Waals surface area contributed by atoms with Gasteiger partial charge in [-0.25, -0.2) is 4.98 Å². The summed E-state index contributed by atoms with van der Waals surface area (Å²) in [6.07, 6.45) is 3.75. The Morgan fingerprint density at radius 3 is 2.75 bits per heavy atom. The van der Waals surface area contributed by atoms with E-state index in [1.807, 2.05) is 60.7 Å². The first-order valence-electron chi connectivity index (χ1n) is 6.42. The maximum atomic E-state index is 12.5. The van der Waals surface area contributed by atoms with Crippen molar-refractivity contribution in [2.45, 2.75) is 6.04 Å². The maximum Gasteiger partial charge on any atom is 0.221 e. The van der Waals surface area contributed by atoms with E-state index in [-0.39, 0.29) is 0 Å². The summed E-state index contributed by atoms with van der Waals surface area (Å²) in [4.78, 5) is 4.40. The zero-order valence-electron chi connectivity index (χ0n) is 10.6. The van der Waals surface area contributed by atoms with Gasteiger partial charge in [-0.2, -0.15) is 0 Å². The van der Waals surface area contributed by atoms with Crippen molar-refractivity contribution in [3.05, 3.63) is 71.3 Å². The molecule has 0 N–H and O–H groups in total. The van der Waals surface area contributed by atoms with Gasteiger partial charge in [0.1, 0.15) is 11.6 Å². The van der Waals surface area contributed by atoms with Crippen LogP contribution in [0.2, 0.25) is 0 Å². The highest BCUT2D eigenvalue weighted by atomic mass is 16.5. The van der Waals surface area contributed by atoms with Gasteiger partial charge in [0, 0.05) is 5.69 Å². The topological polar surface area (TPSA) is 52.3 Å². The van der Waals surface area contributed by atoms with Gasteiger partial charge in [0.15, 0.2) is 5.58 Å². The Labute approximate surface area is 115 Å². The quantitative estimate of drug-likeness (QED) is 0.668. The van der Waals surface area contributed by atoms with Crippen molar-refractivity contribution in [2.75, 3.05) is 5.06 Å². The van der Waals surface area contributed by atoms with Gasteiger partial charge in [-0.05, 0) is 23.8 Å². The molecule has 3 aromatic rings. The molecule has 0 aliphatic carbocycles. The minimum absolute atomic E-state index is 0.423. The highest BCUT2D eigenvalue weighted by Crippen LogP contribution is 2.35. The lowest BCUT2D eigenvalue weighted by Crippen LogP contribution is -2.23. The van der Waals surface area contributed by atoms with E-state index in [2.05, 4.69) is 4.98 Å². The summed E-state index contributed by atoms with van der Waals surface area (Å²) >= 11 is 0. The van der Waals surface area contributed by atoms with E-state index in [0.29, 0.717) is 17.2 Å². The number of rotatable bonds is 1. The number of hydroxylamine groups is 1. The lowest BCUT2D eigenvalue weighted by molar-refractivity contribution is 0.505. The fourth-order valence-electron chi connectivity index (χ4n) is 2.45. The number of aromatic nitrogens is 1. The number of benzene rings is 2. The van der Waals surface area contributed by atoms with Crippen LogP contribution in [0, 0.1) is 5.21 Å². The molecule has 1 aliphatic heterocycles. The van der Waals surface area contributed by atoms with Crippen molar-refractivity contribution in [3.63, 3.8) is 0 Å². The van der Waals surface area contributed by atoms with Crippen molar-refractivity contribution in [1.82, 2.24) is 4.98 Å². The Balaban J connectivity index is 1.80. The number of anilines is 1. The number of nitrogens with zero attached hydrogens (tertiary/aromatic N) is 2. The second-order valence-corrected chi connectivity index (χ2v) is 4.71. The van der Waals surface area contributed by atoms with Crippen LogP contribution in [0.5, 0.6) is 0 Å². The lowest BCUT2D eigenvalue weighted by Gasteiger charge is -2.39. The Kier molecular flexibility index (Phi) is 2.37. The van der Waals surface area contributed by atoms with Crippen molar-refractivity contribution in [3.8, 4) is 0 Å². The standard InChI is InChI=1S/C16H11N2O2/c19-18-13-7-3-1-5-11(13)9-10-14(18)16-17-12-6-2-4-8-15(12)20-16/h1-10,14H/q-1. The van der Waals surface area contributed by atoms with Gasteiger partial charge in [0.05, 0.1) is 0 Å². The van der Waals surface area contributed by atoms with Crippen LogP contribution in [0.1, 0.15) is 17.5 Å². The third-order valence-electron chi connectivity index (χ3n) is 3.45. The third kappa shape index (κ3) is 1.62. The summed E-state index contributed by atoms with van der Waals surface area (Å²) in [6.45, 7) is 0. The molecule has 4 nitrogen and oxygen atoms in total. The summed E-state index contributed by atoms with van der Waals surface area (Å²) < 4.78 is 5.69. The normalized spacial score (nSPS) is 17.4. The molecule has 0 saturated heterocycles. The Morgan fingerprint density at radius 1 is 1.05 bits per heavy atom. The van der Waals surface area contributed by atoms with Gasteiger partial charge in [0.2, 0.25) is 5.89 Å². The molecule has 0 spiro atoms. The highest BCUT2D eigenvalue weighted by Gasteiger charge is 2.21. The second kappa shape index (κ2) is 4.21. The molecular weight excluding hydrogens is 252 g/mol. The largest absolute Gasteiger partial charge is 0.758 e. The van der Waals surface area contributed by atoms with Crippen molar-refractivity contribution in [1.29, 1.82) is 0 Å². The molecule has 1 atom stereocenters. The average molecular weight is 263 g/mol. The van der Waals surface area contributed by atoms with Crippen LogP contribution >= 0.6 is 0 Å². The zero-order chi connectivity index (χ0) is 13.5. The SMILES string of the molecule is [O-]N1c2ccccc2C=CC1c1nc2ccccc2o1. The van der Waals surface area contributed by atoms with Gasteiger partial charge in [-0.3, -0.25) is 0 Å². The Bertz CT molecular complexity index is 774. The molecule has 98 valence electrons. The minimum atomic E-state index is -0.516. The Hall–Kier alpha value is -2.59. The van der Waals surface area contributed by atoms with Gasteiger partial charge in [-0.1, -0.05) is 42.5 Å². The smallest absolute Gasteiger partial charge is 0.221 e. The van der Waals surface area contributed by atoms with Crippen LogP contribution in [0.4, 0.5) is 5.69 Å². The molecule has 2 aromatic carbocycles. The van der Waals surface area contributed by atoms with E-state index in [4.69, 9.17) is 4.42 Å². The molecule has 4 rings (SSSR count). The van der Waals surface area contributed by atoms with E-state index >= 15 is 0 Å². The number of para-hydroxylation sites is 3. The van der Waals surface area contributed by atoms with Crippen molar-refractivity contribution in [2.24, 2.45) is 0 Å². The van der Waals surface area contributed by atoms with E-state index in [1.54, 1.807) is 0 Å². The van der Waals surface area contributed by atoms with E-state index < -0.39 is 6.04 Å². The number of oxazole rings is 1. The fraction of sp³-hybridized carbons (Fsp3) is 0.0625. The van der Waals surface area contributed by atoms with Gasteiger partial charge < -0.3 is 14.7 Å². The molecule has 0 fully saturated rings. The fourth-order valence-corrected chi connectivity index (χ4v) is 2.45. The van der Waals surface area contributed by atoms with Crippen LogP contribution in [-0.2, 0) is 0 Å². The van der Waals surface area contributed by atoms with Gasteiger partial charge in [-0.15, -0.1) is 0 Å². The molecule has 0 saturated carbocycles. The third-order valence-corrected chi connectivity index (χ3v) is 3.45. The molecule has 4 heteroatoms. The molecule has 1 aliphatic rings. The first kappa shape index (κ1) is 11.3. The van der Waals surface area contributed by atoms with Crippen LogP contribution in [0.25, 0.3) is 17.2 Å². The predicted octanol–water partition coefficient (Wildman–Crippen LogP) is 3.90. The van der Waals surface area contributed by atoms with Crippen molar-refractivity contribution >= 4 is 22.9 Å². The van der Waals surface area contributed by atoms with Gasteiger partial charge in [0.25, 0.3) is 0 Å². The summed E-state index contributed by atoms with van der Waals surface area (Å²) in [5, 5.41) is 13.4. The maximum absolute atomic E-state index is 12.5. The number of hydrogen-bond acceptors (Lipinski definition) is 4. The van der Waals surface area contributed by atoms with E-state index in [1.165, 1.54) is 0 Å². The van der Waals surface area contributed by atoms with Crippen LogP contribution in [0.3, 0.4) is 0 Å². The molecule has 0 bridgehead atoms. The molecule has 1 aromatic heterocycles. The van der Waals surface area contributed by atoms with Crippen LogP contribution in [-0.4, -0.2) is 4.98 Å². The first-order valence-corrected chi connectivity index (χ1v) is 6.42. The predicted molar refractivity (Wildman–Crippen MR) is 78.1 cm³/mol. The molecule has 1 unspecified atom stereocenters. The molecular formula is C16H11N2O2-. The monoisotopic (exact) mass is 263 g/mol. The van der Waals surface area contributed by atoms with Crippen molar-refractivity contribution < 1.29 is 4.42 Å². The summed E-state index contributed by atoms with van der Waals surface area (Å²) in [5.74, 6) is 0.423. The number of hydrogen-bond donors (Lipinski definition) is 0. The molecule has 2 heterocycles. The highest BCUT2D eigenvalue weighted by molar-refractivity contribution is 5.75. The average Bonchev–Trinajstić information content (AvgIpc) is 2.91. The number of fused-ring (bicyclic) bond motifs is 2. The first-order chi connectivity index (χ1) is 9.83. The van der Waals surface area contributed by atoms with Gasteiger partial charge >= 0.3 is 0 Å². The summed E-state index contributed by atoms with van der Waals surface area (Å²) in [6, 6.07) is 14.5. The van der Waals surface area contributed by atoms with Crippen LogP contribution in [0.15, 0.2) is 59.0 Å². The second-order valence-electron chi connectivity index (χ2n) is 4.71. The molecule has 0 amide bonds. The summed E-state index contributed by atoms with van der Waals surface area (Å²) in [5.41, 5.74) is 3.02.